The van der Waals surface area contributed by atoms with Gasteiger partial charge in [-0.3, -0.25) is 4.79 Å². The number of nitrogen functional groups attached to an aromatic ring is 1. The molecule has 1 amide bonds. The summed E-state index contributed by atoms with van der Waals surface area (Å²) in [6.45, 7) is 4.61. The lowest BCUT2D eigenvalue weighted by molar-refractivity contribution is -0.129. The third-order valence-corrected chi connectivity index (χ3v) is 3.78. The van der Waals surface area contributed by atoms with Gasteiger partial charge in [0, 0.05) is 17.6 Å². The minimum absolute atomic E-state index is 0. The van der Waals surface area contributed by atoms with Crippen LogP contribution in [0, 0.1) is 5.41 Å². The maximum Gasteiger partial charge on any atom is 0.226 e. The Kier molecular flexibility index (Phi) is 7.11. The zero-order valence-corrected chi connectivity index (χ0v) is 14.5. The molecule has 3 nitrogen and oxygen atoms in total. The van der Waals surface area contributed by atoms with E-state index >= 15 is 0 Å². The second-order valence-electron chi connectivity index (χ2n) is 6.29. The number of anilines is 1. The molecule has 0 aliphatic heterocycles. The zero-order chi connectivity index (χ0) is 16.0. The number of amides is 1. The van der Waals surface area contributed by atoms with E-state index in [0.717, 1.165) is 18.5 Å². The number of benzene rings is 2. The van der Waals surface area contributed by atoms with Gasteiger partial charge in [-0.05, 0) is 36.1 Å². The molecular weight excluding hydrogens is 308 g/mol. The fraction of sp³-hybridized carbons (Fsp3) is 0.316. The fourth-order valence-electron chi connectivity index (χ4n) is 2.43. The van der Waals surface area contributed by atoms with Crippen LogP contribution < -0.4 is 11.1 Å². The molecule has 0 aliphatic carbocycles. The normalized spacial score (nSPS) is 10.7. The number of rotatable bonds is 6. The second kappa shape index (κ2) is 8.59. The van der Waals surface area contributed by atoms with Gasteiger partial charge in [0.1, 0.15) is 0 Å². The molecule has 0 aromatic heterocycles. The Bertz CT molecular complexity index is 609. The highest BCUT2D eigenvalue weighted by Crippen LogP contribution is 2.22. The van der Waals surface area contributed by atoms with Crippen LogP contribution in [0.25, 0.3) is 0 Å². The zero-order valence-electron chi connectivity index (χ0n) is 13.7. The molecule has 0 unspecified atom stereocenters. The van der Waals surface area contributed by atoms with Gasteiger partial charge in [0.15, 0.2) is 0 Å². The van der Waals surface area contributed by atoms with Crippen molar-refractivity contribution < 1.29 is 4.79 Å². The molecule has 0 radical (unpaired) electrons. The van der Waals surface area contributed by atoms with Crippen LogP contribution in [-0.2, 0) is 17.6 Å². The van der Waals surface area contributed by atoms with Crippen LogP contribution in [0.5, 0.6) is 0 Å². The smallest absolute Gasteiger partial charge is 0.226 e. The van der Waals surface area contributed by atoms with Crippen LogP contribution in [-0.4, -0.2) is 12.5 Å². The number of nitrogens with one attached hydrogen (secondary N) is 1. The molecular formula is C19H25ClN2O. The molecule has 0 atom stereocenters. The molecule has 3 N–H and O–H groups in total. The van der Waals surface area contributed by atoms with Crippen LogP contribution >= 0.6 is 12.4 Å². The maximum atomic E-state index is 12.4. The molecule has 2 aromatic carbocycles. The molecule has 0 fully saturated rings. The Balaban J connectivity index is 0.00000264. The molecule has 0 saturated carbocycles. The molecule has 0 heterocycles. The van der Waals surface area contributed by atoms with Crippen molar-refractivity contribution in [2.24, 2.45) is 5.41 Å². The van der Waals surface area contributed by atoms with Crippen LogP contribution in [0.4, 0.5) is 5.69 Å². The van der Waals surface area contributed by atoms with Crippen LogP contribution in [0.3, 0.4) is 0 Å². The molecule has 2 rings (SSSR count). The third kappa shape index (κ3) is 5.95. The van der Waals surface area contributed by atoms with E-state index in [2.05, 4.69) is 17.4 Å². The van der Waals surface area contributed by atoms with Gasteiger partial charge in [-0.2, -0.15) is 0 Å². The van der Waals surface area contributed by atoms with Gasteiger partial charge in [0.05, 0.1) is 0 Å². The molecule has 4 heteroatoms. The molecule has 124 valence electrons. The first kappa shape index (κ1) is 19.0. The van der Waals surface area contributed by atoms with Crippen molar-refractivity contribution in [1.29, 1.82) is 0 Å². The average molecular weight is 333 g/mol. The third-order valence-electron chi connectivity index (χ3n) is 3.78. The highest BCUT2D eigenvalue weighted by atomic mass is 35.5. The first-order chi connectivity index (χ1) is 10.5. The van der Waals surface area contributed by atoms with E-state index in [4.69, 9.17) is 5.73 Å². The van der Waals surface area contributed by atoms with Crippen molar-refractivity contribution >= 4 is 24.0 Å². The number of nitrogens with two attached hydrogens (primary N) is 1. The number of halogens is 1. The Morgan fingerprint density at radius 1 is 1.00 bits per heavy atom. The van der Waals surface area contributed by atoms with Crippen molar-refractivity contribution in [3.63, 3.8) is 0 Å². The fourth-order valence-corrected chi connectivity index (χ4v) is 2.43. The molecule has 2 aromatic rings. The number of carbonyl (C=O) groups excluding carboxylic acids is 1. The minimum Gasteiger partial charge on any atom is -0.399 e. The largest absolute Gasteiger partial charge is 0.399 e. The van der Waals surface area contributed by atoms with Crippen LogP contribution in [0.1, 0.15) is 25.0 Å². The predicted molar refractivity (Wildman–Crippen MR) is 98.7 cm³/mol. The summed E-state index contributed by atoms with van der Waals surface area (Å²) in [5, 5.41) is 3.04. The summed E-state index contributed by atoms with van der Waals surface area (Å²) in [5.41, 5.74) is 8.37. The summed E-state index contributed by atoms with van der Waals surface area (Å²) in [5.74, 6) is 0.0896. The number of hydrogen-bond acceptors (Lipinski definition) is 2. The minimum atomic E-state index is -0.414. The van der Waals surface area contributed by atoms with Crippen molar-refractivity contribution in [3.05, 3.63) is 65.7 Å². The lowest BCUT2D eigenvalue weighted by atomic mass is 9.85. The topological polar surface area (TPSA) is 55.1 Å². The van der Waals surface area contributed by atoms with Gasteiger partial charge in [0.25, 0.3) is 0 Å². The monoisotopic (exact) mass is 332 g/mol. The Labute approximate surface area is 144 Å². The molecule has 23 heavy (non-hydrogen) atoms. The van der Waals surface area contributed by atoms with E-state index < -0.39 is 5.41 Å². The summed E-state index contributed by atoms with van der Waals surface area (Å²) < 4.78 is 0. The lowest BCUT2D eigenvalue weighted by Crippen LogP contribution is -2.39. The summed E-state index contributed by atoms with van der Waals surface area (Å²) in [4.78, 5) is 12.4. The Hall–Kier alpha value is -2.00. The van der Waals surface area contributed by atoms with E-state index in [1.807, 2.05) is 56.3 Å². The Morgan fingerprint density at radius 3 is 2.22 bits per heavy atom. The molecule has 0 bridgehead atoms. The SMILES string of the molecule is CC(C)(Cc1ccccc1)C(=O)NCCc1ccc(N)cc1.Cl. The summed E-state index contributed by atoms with van der Waals surface area (Å²) in [6, 6.07) is 17.9. The maximum absolute atomic E-state index is 12.4. The van der Waals surface area contributed by atoms with Gasteiger partial charge < -0.3 is 11.1 Å². The average Bonchev–Trinajstić information content (AvgIpc) is 2.49. The summed E-state index contributed by atoms with van der Waals surface area (Å²) in [7, 11) is 0. The van der Waals surface area contributed by atoms with E-state index in [1.165, 1.54) is 11.1 Å². The number of carbonyl (C=O) groups is 1. The van der Waals surface area contributed by atoms with Gasteiger partial charge in [-0.15, -0.1) is 12.4 Å². The second-order valence-corrected chi connectivity index (χ2v) is 6.29. The molecule has 0 spiro atoms. The van der Waals surface area contributed by atoms with E-state index in [-0.39, 0.29) is 18.3 Å². The summed E-state index contributed by atoms with van der Waals surface area (Å²) in [6.07, 6.45) is 1.55. The first-order valence-corrected chi connectivity index (χ1v) is 7.64. The predicted octanol–water partition coefficient (Wildman–Crippen LogP) is 3.62. The molecule has 0 saturated heterocycles. The first-order valence-electron chi connectivity index (χ1n) is 7.64. The van der Waals surface area contributed by atoms with Crippen LogP contribution in [0.15, 0.2) is 54.6 Å². The molecule has 0 aliphatic rings. The van der Waals surface area contributed by atoms with Gasteiger partial charge in [-0.25, -0.2) is 0 Å². The van der Waals surface area contributed by atoms with E-state index in [0.29, 0.717) is 6.54 Å². The lowest BCUT2D eigenvalue weighted by Gasteiger charge is -2.23. The van der Waals surface area contributed by atoms with Gasteiger partial charge >= 0.3 is 0 Å². The highest BCUT2D eigenvalue weighted by Gasteiger charge is 2.27. The van der Waals surface area contributed by atoms with E-state index in [9.17, 15) is 4.79 Å². The van der Waals surface area contributed by atoms with Crippen molar-refractivity contribution in [1.82, 2.24) is 5.32 Å². The quantitative estimate of drug-likeness (QED) is 0.794. The van der Waals surface area contributed by atoms with Gasteiger partial charge in [0.2, 0.25) is 5.91 Å². The van der Waals surface area contributed by atoms with Crippen LogP contribution in [0.2, 0.25) is 0 Å². The van der Waals surface area contributed by atoms with Crippen molar-refractivity contribution in [2.45, 2.75) is 26.7 Å². The van der Waals surface area contributed by atoms with Crippen molar-refractivity contribution in [3.8, 4) is 0 Å². The van der Waals surface area contributed by atoms with Crippen molar-refractivity contribution in [2.75, 3.05) is 12.3 Å². The highest BCUT2D eigenvalue weighted by molar-refractivity contribution is 5.85. The van der Waals surface area contributed by atoms with E-state index in [1.54, 1.807) is 0 Å². The standard InChI is InChI=1S/C19H24N2O.ClH/c1-19(2,14-16-6-4-3-5-7-16)18(22)21-13-12-15-8-10-17(20)11-9-15;/h3-11H,12-14,20H2,1-2H3,(H,21,22);1H. The Morgan fingerprint density at radius 2 is 1.61 bits per heavy atom. The number of hydrogen-bond donors (Lipinski definition) is 2. The summed E-state index contributed by atoms with van der Waals surface area (Å²) >= 11 is 0. The van der Waals surface area contributed by atoms with Gasteiger partial charge in [-0.1, -0.05) is 56.3 Å².